The fourth-order valence-corrected chi connectivity index (χ4v) is 2.39. The van der Waals surface area contributed by atoms with Gasteiger partial charge in [0.25, 0.3) is 10.0 Å². The number of nitrogens with zero attached hydrogens (tertiary/aromatic N) is 1. The molecule has 2 rings (SSSR count). The average molecular weight is 322 g/mol. The van der Waals surface area contributed by atoms with Crippen molar-refractivity contribution in [2.45, 2.75) is 4.90 Å². The number of hydrogen-bond donors (Lipinski definition) is 3. The van der Waals surface area contributed by atoms with Gasteiger partial charge in [0.15, 0.2) is 11.5 Å². The number of rotatable bonds is 5. The van der Waals surface area contributed by atoms with E-state index in [4.69, 9.17) is 4.74 Å². The molecule has 0 aliphatic rings. The molecule has 0 bridgehead atoms. The van der Waals surface area contributed by atoms with E-state index in [1.807, 2.05) is 0 Å². The van der Waals surface area contributed by atoms with Crippen molar-refractivity contribution >= 4 is 16.2 Å². The first-order valence-corrected chi connectivity index (χ1v) is 7.61. The Morgan fingerprint density at radius 1 is 1.09 bits per heavy atom. The topological polar surface area (TPSA) is 108 Å². The summed E-state index contributed by atoms with van der Waals surface area (Å²) in [6.45, 7) is 0. The van der Waals surface area contributed by atoms with Crippen LogP contribution in [0.5, 0.6) is 17.2 Å². The van der Waals surface area contributed by atoms with Gasteiger partial charge in [0.2, 0.25) is 0 Å². The van der Waals surface area contributed by atoms with Gasteiger partial charge < -0.3 is 14.9 Å². The molecule has 0 unspecified atom stereocenters. The molecule has 0 spiro atoms. The fourth-order valence-electron chi connectivity index (χ4n) is 1.60. The molecule has 0 saturated heterocycles. The minimum Gasteiger partial charge on any atom is -0.504 e. The zero-order valence-corrected chi connectivity index (χ0v) is 12.4. The smallest absolute Gasteiger partial charge is 0.276 e. The number of hydrazone groups is 1. The van der Waals surface area contributed by atoms with Gasteiger partial charge >= 0.3 is 0 Å². The van der Waals surface area contributed by atoms with Crippen molar-refractivity contribution in [3.8, 4) is 17.2 Å². The maximum Gasteiger partial charge on any atom is 0.276 e. The van der Waals surface area contributed by atoms with E-state index in [1.165, 1.54) is 55.8 Å². The quantitative estimate of drug-likeness (QED) is 0.438. The molecule has 7 nitrogen and oxygen atoms in total. The number of methoxy groups -OCH3 is 1. The summed E-state index contributed by atoms with van der Waals surface area (Å²) in [4.78, 5) is 2.09. The molecule has 2 aromatic carbocycles. The Labute approximate surface area is 127 Å². The number of aromatic hydroxyl groups is 2. The van der Waals surface area contributed by atoms with Crippen LogP contribution >= 0.6 is 0 Å². The Morgan fingerprint density at radius 3 is 2.36 bits per heavy atom. The molecule has 0 saturated carbocycles. The van der Waals surface area contributed by atoms with Gasteiger partial charge in [-0.2, -0.15) is 13.5 Å². The minimum absolute atomic E-state index is 0.0407. The van der Waals surface area contributed by atoms with Gasteiger partial charge in [-0.05, 0) is 48.0 Å². The van der Waals surface area contributed by atoms with Gasteiger partial charge in [0.05, 0.1) is 18.2 Å². The molecule has 0 aliphatic carbocycles. The minimum atomic E-state index is -3.79. The van der Waals surface area contributed by atoms with Crippen LogP contribution < -0.4 is 9.57 Å². The van der Waals surface area contributed by atoms with Gasteiger partial charge in [0.1, 0.15) is 5.75 Å². The number of nitrogens with one attached hydrogen (secondary N) is 1. The normalized spacial score (nSPS) is 11.5. The second-order valence-electron chi connectivity index (χ2n) is 4.28. The molecule has 0 radical (unpaired) electrons. The molecule has 0 aromatic heterocycles. The van der Waals surface area contributed by atoms with Crippen LogP contribution in [0.1, 0.15) is 5.56 Å². The summed E-state index contributed by atoms with van der Waals surface area (Å²) in [7, 11) is -2.30. The summed E-state index contributed by atoms with van der Waals surface area (Å²) in [5.41, 5.74) is 0.424. The van der Waals surface area contributed by atoms with Crippen LogP contribution in [0, 0.1) is 0 Å². The van der Waals surface area contributed by atoms with Gasteiger partial charge in [-0.25, -0.2) is 4.83 Å². The lowest BCUT2D eigenvalue weighted by Gasteiger charge is -2.04. The predicted octanol–water partition coefficient (Wildman–Crippen LogP) is 1.42. The summed E-state index contributed by atoms with van der Waals surface area (Å²) < 4.78 is 28.9. The third-order valence-corrected chi connectivity index (χ3v) is 3.99. The van der Waals surface area contributed by atoms with Crippen molar-refractivity contribution in [2.24, 2.45) is 5.10 Å². The molecular formula is C14H14N2O5S. The van der Waals surface area contributed by atoms with Crippen LogP contribution in [0.2, 0.25) is 0 Å². The molecule has 0 fully saturated rings. The lowest BCUT2D eigenvalue weighted by molar-refractivity contribution is 0.403. The number of phenolic OH excluding ortho intramolecular Hbond substituents is 2. The molecule has 2 aromatic rings. The third kappa shape index (κ3) is 3.67. The van der Waals surface area contributed by atoms with Crippen molar-refractivity contribution in [2.75, 3.05) is 7.11 Å². The Balaban J connectivity index is 2.11. The first-order valence-electron chi connectivity index (χ1n) is 6.13. The summed E-state index contributed by atoms with van der Waals surface area (Å²) in [5.74, 6) is -0.0417. The summed E-state index contributed by atoms with van der Waals surface area (Å²) in [6, 6.07) is 9.83. The first kappa shape index (κ1) is 15.6. The van der Waals surface area contributed by atoms with Crippen molar-refractivity contribution in [1.82, 2.24) is 4.83 Å². The Hall–Kier alpha value is -2.74. The summed E-state index contributed by atoms with van der Waals surface area (Å²) in [5, 5.41) is 22.1. The molecule has 3 N–H and O–H groups in total. The van der Waals surface area contributed by atoms with Crippen molar-refractivity contribution in [3.63, 3.8) is 0 Å². The number of benzene rings is 2. The van der Waals surface area contributed by atoms with Crippen LogP contribution in [-0.4, -0.2) is 32.0 Å². The number of ether oxygens (including phenoxy) is 1. The summed E-state index contributed by atoms with van der Waals surface area (Å²) in [6.07, 6.45) is 1.21. The highest BCUT2D eigenvalue weighted by molar-refractivity contribution is 7.89. The largest absolute Gasteiger partial charge is 0.504 e. The molecule has 22 heavy (non-hydrogen) atoms. The van der Waals surface area contributed by atoms with Crippen LogP contribution in [0.25, 0.3) is 0 Å². The summed E-state index contributed by atoms with van der Waals surface area (Å²) >= 11 is 0. The Morgan fingerprint density at radius 2 is 1.77 bits per heavy atom. The second-order valence-corrected chi connectivity index (χ2v) is 5.94. The molecule has 0 heterocycles. The Kier molecular flexibility index (Phi) is 4.52. The van der Waals surface area contributed by atoms with Gasteiger partial charge in [0, 0.05) is 0 Å². The molecule has 0 aliphatic heterocycles. The van der Waals surface area contributed by atoms with Crippen molar-refractivity contribution in [1.29, 1.82) is 0 Å². The van der Waals surface area contributed by atoms with E-state index in [9.17, 15) is 18.6 Å². The predicted molar refractivity (Wildman–Crippen MR) is 80.7 cm³/mol. The zero-order chi connectivity index (χ0) is 16.2. The van der Waals surface area contributed by atoms with Crippen LogP contribution in [0.15, 0.2) is 52.5 Å². The van der Waals surface area contributed by atoms with E-state index in [-0.39, 0.29) is 16.4 Å². The second kappa shape index (κ2) is 6.35. The monoisotopic (exact) mass is 322 g/mol. The average Bonchev–Trinajstić information content (AvgIpc) is 2.51. The zero-order valence-electron chi connectivity index (χ0n) is 11.6. The maximum absolute atomic E-state index is 12.0. The fraction of sp³-hybridized carbons (Fsp3) is 0.0714. The van der Waals surface area contributed by atoms with E-state index in [0.717, 1.165) is 0 Å². The van der Waals surface area contributed by atoms with Crippen LogP contribution in [0.4, 0.5) is 0 Å². The van der Waals surface area contributed by atoms with Crippen LogP contribution in [-0.2, 0) is 10.0 Å². The van der Waals surface area contributed by atoms with Gasteiger partial charge in [-0.1, -0.05) is 0 Å². The third-order valence-electron chi connectivity index (χ3n) is 2.76. The highest BCUT2D eigenvalue weighted by Gasteiger charge is 2.12. The van der Waals surface area contributed by atoms with E-state index >= 15 is 0 Å². The van der Waals surface area contributed by atoms with E-state index in [0.29, 0.717) is 11.3 Å². The number of sulfonamides is 1. The lowest BCUT2D eigenvalue weighted by Crippen LogP contribution is -2.18. The lowest BCUT2D eigenvalue weighted by atomic mass is 10.2. The molecule has 8 heteroatoms. The first-order chi connectivity index (χ1) is 10.4. The molecule has 0 amide bonds. The van der Waals surface area contributed by atoms with E-state index < -0.39 is 10.0 Å². The van der Waals surface area contributed by atoms with Crippen molar-refractivity contribution < 1.29 is 23.4 Å². The maximum atomic E-state index is 12.0. The Bertz CT molecular complexity index is 785. The highest BCUT2D eigenvalue weighted by atomic mass is 32.2. The van der Waals surface area contributed by atoms with E-state index in [1.54, 1.807) is 0 Å². The highest BCUT2D eigenvalue weighted by Crippen LogP contribution is 2.24. The SMILES string of the molecule is COc1ccc(S(=O)(=O)N/N=C/c2ccc(O)c(O)c2)cc1. The number of phenols is 2. The molecule has 0 atom stereocenters. The molecular weight excluding hydrogens is 308 g/mol. The van der Waals surface area contributed by atoms with Crippen molar-refractivity contribution in [3.05, 3.63) is 48.0 Å². The van der Waals surface area contributed by atoms with Crippen LogP contribution in [0.3, 0.4) is 0 Å². The number of hydrogen-bond acceptors (Lipinski definition) is 6. The van der Waals surface area contributed by atoms with Gasteiger partial charge in [-0.15, -0.1) is 0 Å². The van der Waals surface area contributed by atoms with Gasteiger partial charge in [-0.3, -0.25) is 0 Å². The standard InChI is InChI=1S/C14H14N2O5S/c1-21-11-3-5-12(6-4-11)22(19,20)16-15-9-10-2-7-13(17)14(18)8-10/h2-9,16-18H,1H3/b15-9+. The van der Waals surface area contributed by atoms with E-state index in [2.05, 4.69) is 9.93 Å². The molecule has 116 valence electrons.